The number of anilines is 1. The molecule has 0 radical (unpaired) electrons. The first-order valence-corrected chi connectivity index (χ1v) is 8.54. The maximum absolute atomic E-state index is 12.1. The van der Waals surface area contributed by atoms with Crippen molar-refractivity contribution < 1.29 is 18.9 Å². The van der Waals surface area contributed by atoms with Crippen molar-refractivity contribution >= 4 is 44.2 Å². The van der Waals surface area contributed by atoms with Crippen LogP contribution in [-0.4, -0.2) is 17.4 Å². The fourth-order valence-corrected chi connectivity index (χ4v) is 2.91. The Morgan fingerprint density at radius 2 is 2.04 bits per heavy atom. The molecule has 0 bridgehead atoms. The fourth-order valence-electron chi connectivity index (χ4n) is 2.45. The van der Waals surface area contributed by atoms with E-state index in [1.54, 1.807) is 25.1 Å². The first-order chi connectivity index (χ1) is 12.8. The Labute approximate surface area is 161 Å². The minimum Gasteiger partial charge on any atom is -0.484 e. The predicted octanol–water partition coefficient (Wildman–Crippen LogP) is 3.79. The maximum Gasteiger partial charge on any atom is 0.336 e. The van der Waals surface area contributed by atoms with Gasteiger partial charge in [-0.1, -0.05) is 0 Å². The third kappa shape index (κ3) is 4.32. The Bertz CT molecular complexity index is 1110. The molecule has 1 N–H and O–H groups in total. The van der Waals surface area contributed by atoms with Gasteiger partial charge in [-0.2, -0.15) is 0 Å². The minimum absolute atomic E-state index is 0.0935. The zero-order chi connectivity index (χ0) is 19.6. The van der Waals surface area contributed by atoms with Crippen LogP contribution in [0.25, 0.3) is 11.0 Å². The highest BCUT2D eigenvalue weighted by Crippen LogP contribution is 2.27. The summed E-state index contributed by atoms with van der Waals surface area (Å²) in [6.45, 7) is 1.51. The third-order valence-electron chi connectivity index (χ3n) is 3.73. The SMILES string of the molecule is Cc1cc(=O)oc2cc(OCC(=O)Nc3ccc([N+](=O)[O-])cc3Br)ccc12. The number of hydrogen-bond acceptors (Lipinski definition) is 6. The van der Waals surface area contributed by atoms with E-state index < -0.39 is 16.5 Å². The highest BCUT2D eigenvalue weighted by Gasteiger charge is 2.12. The number of nitrogens with one attached hydrogen (secondary N) is 1. The molecule has 1 heterocycles. The molecular weight excluding hydrogens is 420 g/mol. The molecule has 3 aromatic rings. The van der Waals surface area contributed by atoms with Crippen LogP contribution in [0.1, 0.15) is 5.56 Å². The number of nitro benzene ring substituents is 1. The molecule has 0 aliphatic rings. The summed E-state index contributed by atoms with van der Waals surface area (Å²) >= 11 is 3.18. The smallest absolute Gasteiger partial charge is 0.336 e. The zero-order valence-corrected chi connectivity index (χ0v) is 15.6. The van der Waals surface area contributed by atoms with Crippen LogP contribution in [0.5, 0.6) is 5.75 Å². The van der Waals surface area contributed by atoms with Crippen molar-refractivity contribution in [2.24, 2.45) is 0 Å². The third-order valence-corrected chi connectivity index (χ3v) is 4.39. The lowest BCUT2D eigenvalue weighted by atomic mass is 10.1. The second-order valence-electron chi connectivity index (χ2n) is 5.66. The molecule has 0 unspecified atom stereocenters. The van der Waals surface area contributed by atoms with Gasteiger partial charge in [-0.15, -0.1) is 0 Å². The highest BCUT2D eigenvalue weighted by molar-refractivity contribution is 9.10. The summed E-state index contributed by atoms with van der Waals surface area (Å²) in [6, 6.07) is 10.4. The van der Waals surface area contributed by atoms with E-state index in [1.807, 2.05) is 0 Å². The van der Waals surface area contributed by atoms with Gasteiger partial charge in [0.05, 0.1) is 10.6 Å². The number of fused-ring (bicyclic) bond motifs is 1. The van der Waals surface area contributed by atoms with Gasteiger partial charge in [-0.3, -0.25) is 14.9 Å². The van der Waals surface area contributed by atoms with Gasteiger partial charge in [0, 0.05) is 34.1 Å². The van der Waals surface area contributed by atoms with Gasteiger partial charge in [-0.05, 0) is 46.6 Å². The van der Waals surface area contributed by atoms with E-state index >= 15 is 0 Å². The number of halogens is 1. The Balaban J connectivity index is 1.68. The van der Waals surface area contributed by atoms with Crippen molar-refractivity contribution in [3.8, 4) is 5.75 Å². The number of nitrogens with zero attached hydrogens (tertiary/aromatic N) is 1. The summed E-state index contributed by atoms with van der Waals surface area (Å²) < 4.78 is 10.9. The number of carbonyl (C=O) groups is 1. The van der Waals surface area contributed by atoms with Crippen LogP contribution in [0, 0.1) is 17.0 Å². The van der Waals surface area contributed by atoms with Crippen molar-refractivity contribution in [1.82, 2.24) is 0 Å². The van der Waals surface area contributed by atoms with E-state index in [1.165, 1.54) is 24.3 Å². The molecule has 8 nitrogen and oxygen atoms in total. The molecule has 1 aromatic heterocycles. The van der Waals surface area contributed by atoms with E-state index in [-0.39, 0.29) is 12.3 Å². The van der Waals surface area contributed by atoms with Crippen LogP contribution < -0.4 is 15.7 Å². The Kier molecular flexibility index (Phi) is 5.22. The van der Waals surface area contributed by atoms with Gasteiger partial charge in [-0.25, -0.2) is 4.79 Å². The van der Waals surface area contributed by atoms with E-state index in [2.05, 4.69) is 21.2 Å². The molecule has 138 valence electrons. The number of amides is 1. The largest absolute Gasteiger partial charge is 0.484 e. The van der Waals surface area contributed by atoms with Crippen LogP contribution in [0.4, 0.5) is 11.4 Å². The Morgan fingerprint density at radius 1 is 1.26 bits per heavy atom. The van der Waals surface area contributed by atoms with Gasteiger partial charge in [0.25, 0.3) is 11.6 Å². The number of rotatable bonds is 5. The highest BCUT2D eigenvalue weighted by atomic mass is 79.9. The molecule has 1 amide bonds. The van der Waals surface area contributed by atoms with E-state index in [0.717, 1.165) is 10.9 Å². The van der Waals surface area contributed by atoms with Crippen molar-refractivity contribution in [1.29, 1.82) is 0 Å². The number of hydrogen-bond donors (Lipinski definition) is 1. The van der Waals surface area contributed by atoms with Crippen LogP contribution in [0.2, 0.25) is 0 Å². The van der Waals surface area contributed by atoms with Crippen LogP contribution >= 0.6 is 15.9 Å². The van der Waals surface area contributed by atoms with E-state index in [0.29, 0.717) is 21.5 Å². The lowest BCUT2D eigenvalue weighted by molar-refractivity contribution is -0.384. The molecular formula is C18H13BrN2O6. The van der Waals surface area contributed by atoms with E-state index in [4.69, 9.17) is 9.15 Å². The average Bonchev–Trinajstić information content (AvgIpc) is 2.61. The number of aryl methyl sites for hydroxylation is 1. The molecule has 3 rings (SSSR count). The Morgan fingerprint density at radius 3 is 2.74 bits per heavy atom. The normalized spacial score (nSPS) is 10.6. The second kappa shape index (κ2) is 7.58. The first kappa shape index (κ1) is 18.6. The minimum atomic E-state index is -0.528. The van der Waals surface area contributed by atoms with Gasteiger partial charge >= 0.3 is 5.63 Å². The molecule has 0 spiro atoms. The van der Waals surface area contributed by atoms with E-state index in [9.17, 15) is 19.7 Å². The zero-order valence-electron chi connectivity index (χ0n) is 14.0. The number of non-ortho nitro benzene ring substituents is 1. The summed E-state index contributed by atoms with van der Waals surface area (Å²) in [6.07, 6.45) is 0. The standard InChI is InChI=1S/C18H13BrN2O6/c1-10-6-18(23)27-16-8-12(3-4-13(10)16)26-9-17(22)20-15-5-2-11(21(24)25)7-14(15)19/h2-8H,9H2,1H3,(H,20,22). The average molecular weight is 433 g/mol. The predicted molar refractivity (Wildman–Crippen MR) is 102 cm³/mol. The summed E-state index contributed by atoms with van der Waals surface area (Å²) in [5.41, 5.74) is 0.987. The number of ether oxygens (including phenoxy) is 1. The summed E-state index contributed by atoms with van der Waals surface area (Å²) in [7, 11) is 0. The molecule has 0 fully saturated rings. The summed E-state index contributed by atoms with van der Waals surface area (Å²) in [5.74, 6) is -0.0792. The van der Waals surface area contributed by atoms with Crippen molar-refractivity contribution in [3.63, 3.8) is 0 Å². The quantitative estimate of drug-likeness (QED) is 0.372. The van der Waals surface area contributed by atoms with Crippen molar-refractivity contribution in [2.45, 2.75) is 6.92 Å². The van der Waals surface area contributed by atoms with Gasteiger partial charge in [0.2, 0.25) is 0 Å². The van der Waals surface area contributed by atoms with Crippen LogP contribution in [0.3, 0.4) is 0 Å². The number of carbonyl (C=O) groups excluding carboxylic acids is 1. The molecule has 0 saturated carbocycles. The Hall–Kier alpha value is -3.20. The lowest BCUT2D eigenvalue weighted by Crippen LogP contribution is -2.20. The summed E-state index contributed by atoms with van der Waals surface area (Å²) in [4.78, 5) is 33.7. The van der Waals surface area contributed by atoms with Gasteiger partial charge in [0.15, 0.2) is 6.61 Å². The monoisotopic (exact) mass is 432 g/mol. The van der Waals surface area contributed by atoms with Crippen molar-refractivity contribution in [3.05, 3.63) is 73.0 Å². The molecule has 27 heavy (non-hydrogen) atoms. The first-order valence-electron chi connectivity index (χ1n) is 7.74. The van der Waals surface area contributed by atoms with Crippen molar-refractivity contribution in [2.75, 3.05) is 11.9 Å². The topological polar surface area (TPSA) is 112 Å². The number of nitro groups is 1. The molecule has 9 heteroatoms. The van der Waals surface area contributed by atoms with Gasteiger partial charge < -0.3 is 14.5 Å². The molecule has 0 aliphatic heterocycles. The number of benzene rings is 2. The lowest BCUT2D eigenvalue weighted by Gasteiger charge is -2.09. The van der Waals surface area contributed by atoms with Crippen LogP contribution in [0.15, 0.2) is 56.1 Å². The maximum atomic E-state index is 12.1. The van der Waals surface area contributed by atoms with Gasteiger partial charge in [0.1, 0.15) is 11.3 Å². The molecule has 2 aromatic carbocycles. The molecule has 0 saturated heterocycles. The second-order valence-corrected chi connectivity index (χ2v) is 6.52. The molecule has 0 aliphatic carbocycles. The fraction of sp³-hybridized carbons (Fsp3) is 0.111. The van der Waals surface area contributed by atoms with Crippen LogP contribution in [-0.2, 0) is 4.79 Å². The summed E-state index contributed by atoms with van der Waals surface area (Å²) in [5, 5.41) is 14.1. The molecule has 0 atom stereocenters.